The lowest BCUT2D eigenvalue weighted by atomic mass is 10.2. The highest BCUT2D eigenvalue weighted by Crippen LogP contribution is 2.35. The zero-order valence-corrected chi connectivity index (χ0v) is 24.8. The number of carboxylic acid groups (broad SMARTS) is 2. The minimum atomic E-state index is -4.81. The Hall–Kier alpha value is -3.41. The average Bonchev–Trinajstić information content (AvgIpc) is 3.16. The zero-order valence-electron chi connectivity index (χ0n) is 20.9. The molecular weight excluding hydrogens is 659 g/mol. The maximum Gasteiger partial charge on any atom is 0.335 e. The predicted molar refractivity (Wildman–Crippen MR) is 152 cm³/mol. The summed E-state index contributed by atoms with van der Waals surface area (Å²) in [5.74, 6) is -4.35. The smallest absolute Gasteiger partial charge is 0.335 e. The first kappa shape index (κ1) is 31.5. The third-order valence-corrected chi connectivity index (χ3v) is 12.0. The number of nitrogens with one attached hydrogen (secondary N) is 1. The summed E-state index contributed by atoms with van der Waals surface area (Å²) in [4.78, 5) is 21.6. The number of carbonyl (C=O) groups is 2. The first-order valence-corrected chi connectivity index (χ1v) is 17.0. The van der Waals surface area contributed by atoms with Crippen molar-refractivity contribution in [2.75, 3.05) is 20.5 Å². The van der Waals surface area contributed by atoms with Gasteiger partial charge in [-0.1, -0.05) is 23.2 Å². The number of aliphatic hydroxyl groups excluding tert-OH is 1. The Kier molecular flexibility index (Phi) is 8.52. The second-order valence-corrected chi connectivity index (χ2v) is 15.5. The fourth-order valence-corrected chi connectivity index (χ4v) is 9.84. The molecule has 224 valence electrons. The van der Waals surface area contributed by atoms with E-state index in [-0.39, 0.29) is 27.0 Å². The molecule has 0 aliphatic carbocycles. The van der Waals surface area contributed by atoms with Crippen molar-refractivity contribution in [3.63, 3.8) is 0 Å². The number of halogens is 2. The van der Waals surface area contributed by atoms with Crippen molar-refractivity contribution < 1.29 is 50.2 Å². The summed E-state index contributed by atoms with van der Waals surface area (Å²) < 4.78 is 81.0. The van der Waals surface area contributed by atoms with Gasteiger partial charge in [-0.05, 0) is 60.7 Å². The van der Waals surface area contributed by atoms with Gasteiger partial charge in [-0.3, -0.25) is 9.03 Å². The van der Waals surface area contributed by atoms with Crippen molar-refractivity contribution in [2.45, 2.75) is 21.9 Å². The third-order valence-electron chi connectivity index (χ3n) is 6.15. The molecule has 2 atom stereocenters. The quantitative estimate of drug-likeness (QED) is 0.258. The number of nitrogens with zero attached hydrogens (tertiary/aromatic N) is 1. The number of sulfone groups is 1. The van der Waals surface area contributed by atoms with Crippen LogP contribution in [0.4, 0.5) is 11.4 Å². The molecule has 0 radical (unpaired) electrons. The van der Waals surface area contributed by atoms with Crippen LogP contribution < -0.4 is 9.03 Å². The second kappa shape index (κ2) is 11.3. The molecule has 0 spiro atoms. The first-order valence-electron chi connectivity index (χ1n) is 11.5. The number of anilines is 2. The molecule has 0 bridgehead atoms. The van der Waals surface area contributed by atoms with E-state index >= 15 is 0 Å². The van der Waals surface area contributed by atoms with Crippen molar-refractivity contribution in [1.29, 1.82) is 0 Å². The van der Waals surface area contributed by atoms with E-state index in [1.807, 2.05) is 0 Å². The van der Waals surface area contributed by atoms with Gasteiger partial charge in [0.2, 0.25) is 0 Å². The fourth-order valence-electron chi connectivity index (χ4n) is 4.21. The Bertz CT molecular complexity index is 1910. The van der Waals surface area contributed by atoms with Gasteiger partial charge in [0, 0.05) is 5.69 Å². The molecule has 1 heterocycles. The molecule has 13 nitrogen and oxygen atoms in total. The molecule has 3 aromatic rings. The summed E-state index contributed by atoms with van der Waals surface area (Å²) in [6, 6.07) is 8.94. The van der Waals surface area contributed by atoms with E-state index in [2.05, 4.69) is 4.72 Å². The minimum Gasteiger partial charge on any atom is -0.478 e. The highest BCUT2D eigenvalue weighted by Gasteiger charge is 2.45. The SMILES string of the molecule is O=C(O)c1ccc(Cl)c(S(=O)(=O)Nc2ccc(N([C@H]3CS(=O)(=O)C[C@H]3O)S(=O)(=O)c3cc(C(=O)O)ccc3Cl)cc2)c1. The molecule has 0 unspecified atom stereocenters. The van der Waals surface area contributed by atoms with Gasteiger partial charge in [-0.15, -0.1) is 0 Å². The highest BCUT2D eigenvalue weighted by molar-refractivity contribution is 7.94. The van der Waals surface area contributed by atoms with Gasteiger partial charge in [-0.2, -0.15) is 0 Å². The summed E-state index contributed by atoms with van der Waals surface area (Å²) in [5.41, 5.74) is -1.08. The van der Waals surface area contributed by atoms with Crippen LogP contribution in [-0.4, -0.2) is 76.2 Å². The Labute approximate surface area is 249 Å². The maximum absolute atomic E-state index is 13.9. The summed E-state index contributed by atoms with van der Waals surface area (Å²) in [6.45, 7) is 0. The molecule has 1 aliphatic rings. The Morgan fingerprint density at radius 2 is 1.31 bits per heavy atom. The van der Waals surface area contributed by atoms with E-state index in [0.29, 0.717) is 4.31 Å². The number of rotatable bonds is 9. The largest absolute Gasteiger partial charge is 0.478 e. The summed E-state index contributed by atoms with van der Waals surface area (Å²) in [6.07, 6.45) is -1.66. The van der Waals surface area contributed by atoms with Crippen molar-refractivity contribution in [3.05, 3.63) is 81.8 Å². The standard InChI is InChI=1S/C24H20Cl2N2O11S3/c25-17-7-1-13(23(30)31)9-21(17)41(36,37)27-15-3-5-16(6-4-15)28(19-11-40(34,35)12-20(19)29)42(38,39)22-10-14(24(32)33)2-8-18(22)26/h1-10,19-20,27,29H,11-12H2,(H,30,31)(H,32,33)/t19-,20+/m0/s1. The zero-order chi connectivity index (χ0) is 31.2. The Morgan fingerprint density at radius 3 is 1.79 bits per heavy atom. The van der Waals surface area contributed by atoms with Crippen LogP contribution in [0.3, 0.4) is 0 Å². The van der Waals surface area contributed by atoms with E-state index in [4.69, 9.17) is 23.2 Å². The molecule has 0 aromatic heterocycles. The molecule has 18 heteroatoms. The van der Waals surface area contributed by atoms with E-state index in [1.165, 1.54) is 0 Å². The molecule has 3 aromatic carbocycles. The van der Waals surface area contributed by atoms with Crippen LogP contribution in [0.2, 0.25) is 10.0 Å². The molecule has 0 amide bonds. The highest BCUT2D eigenvalue weighted by atomic mass is 35.5. The molecule has 1 aliphatic heterocycles. The van der Waals surface area contributed by atoms with Crippen molar-refractivity contribution in [2.24, 2.45) is 0 Å². The number of sulfonamides is 2. The monoisotopic (exact) mass is 678 g/mol. The maximum atomic E-state index is 13.9. The van der Waals surface area contributed by atoms with Gasteiger partial charge < -0.3 is 15.3 Å². The molecule has 0 saturated carbocycles. The van der Waals surface area contributed by atoms with Gasteiger partial charge in [0.25, 0.3) is 20.0 Å². The van der Waals surface area contributed by atoms with E-state index in [1.54, 1.807) is 0 Å². The van der Waals surface area contributed by atoms with Crippen LogP contribution in [0.1, 0.15) is 20.7 Å². The summed E-state index contributed by atoms with van der Waals surface area (Å²) >= 11 is 12.1. The van der Waals surface area contributed by atoms with Crippen LogP contribution in [-0.2, 0) is 29.9 Å². The molecule has 42 heavy (non-hydrogen) atoms. The van der Waals surface area contributed by atoms with Gasteiger partial charge in [0.1, 0.15) is 9.79 Å². The lowest BCUT2D eigenvalue weighted by Gasteiger charge is -2.32. The van der Waals surface area contributed by atoms with Gasteiger partial charge in [-0.25, -0.2) is 34.8 Å². The lowest BCUT2D eigenvalue weighted by Crippen LogP contribution is -2.47. The molecule has 4 N–H and O–H groups in total. The molecule has 4 rings (SSSR count). The van der Waals surface area contributed by atoms with E-state index < -0.39 is 80.8 Å². The summed E-state index contributed by atoms with van der Waals surface area (Å²) in [7, 11) is -13.1. The normalized spacial score (nSPS) is 18.4. The Morgan fingerprint density at radius 1 is 0.810 bits per heavy atom. The minimum absolute atomic E-state index is 0.113. The Balaban J connectivity index is 1.77. The first-order chi connectivity index (χ1) is 19.4. The summed E-state index contributed by atoms with van der Waals surface area (Å²) in [5, 5.41) is 28.4. The van der Waals surface area contributed by atoms with Crippen LogP contribution in [0, 0.1) is 0 Å². The van der Waals surface area contributed by atoms with Crippen molar-refractivity contribution in [3.8, 4) is 0 Å². The number of benzene rings is 3. The van der Waals surface area contributed by atoms with Crippen molar-refractivity contribution in [1.82, 2.24) is 0 Å². The second-order valence-electron chi connectivity index (χ2n) is 9.07. The van der Waals surface area contributed by atoms with E-state index in [0.717, 1.165) is 60.7 Å². The average molecular weight is 680 g/mol. The van der Waals surface area contributed by atoms with Crippen molar-refractivity contribution >= 4 is 76.4 Å². The van der Waals surface area contributed by atoms with Crippen LogP contribution in [0.25, 0.3) is 0 Å². The predicted octanol–water partition coefficient (Wildman–Crippen LogP) is 2.54. The van der Waals surface area contributed by atoms with Gasteiger partial charge in [0.05, 0.1) is 50.5 Å². The number of hydrogen-bond acceptors (Lipinski definition) is 9. The number of hydrogen-bond donors (Lipinski definition) is 4. The van der Waals surface area contributed by atoms with Crippen LogP contribution in [0.15, 0.2) is 70.5 Å². The number of carboxylic acids is 2. The number of aliphatic hydroxyl groups is 1. The van der Waals surface area contributed by atoms with Crippen LogP contribution in [0.5, 0.6) is 0 Å². The van der Waals surface area contributed by atoms with Gasteiger partial charge in [0.15, 0.2) is 9.84 Å². The molecule has 1 fully saturated rings. The van der Waals surface area contributed by atoms with Crippen LogP contribution >= 0.6 is 23.2 Å². The van der Waals surface area contributed by atoms with E-state index in [9.17, 15) is 50.2 Å². The fraction of sp³-hybridized carbons (Fsp3) is 0.167. The molecule has 1 saturated heterocycles. The van der Waals surface area contributed by atoms with Gasteiger partial charge >= 0.3 is 11.9 Å². The third kappa shape index (κ3) is 6.33. The molecular formula is C24H20Cl2N2O11S3. The lowest BCUT2D eigenvalue weighted by molar-refractivity contribution is 0.0685. The number of aromatic carboxylic acids is 2. The topological polar surface area (TPSA) is 213 Å².